The Morgan fingerprint density at radius 1 is 1.09 bits per heavy atom. The fraction of sp³-hybridized carbons (Fsp3) is 0.469. The number of hydrogen-bond donors (Lipinski definition) is 2. The summed E-state index contributed by atoms with van der Waals surface area (Å²) in [7, 11) is 0. The molecule has 0 unspecified atom stereocenters. The Balaban J connectivity index is 0.00000221. The van der Waals surface area contributed by atoms with Gasteiger partial charge in [-0.05, 0) is 102 Å². The zero-order valence-corrected chi connectivity index (χ0v) is 30.5. The van der Waals surface area contributed by atoms with E-state index in [9.17, 15) is 4.79 Å². The first-order chi connectivity index (χ1) is 20.4. The first-order valence-electron chi connectivity index (χ1n) is 15.1. The number of carbonyl (C=O) groups is 1. The molecule has 1 aromatic carbocycles. The van der Waals surface area contributed by atoms with Crippen molar-refractivity contribution in [1.82, 2.24) is 29.7 Å². The number of anilines is 2. The Morgan fingerprint density at radius 2 is 1.84 bits per heavy atom. The van der Waals surface area contributed by atoms with Gasteiger partial charge in [-0.3, -0.25) is 4.90 Å². The van der Waals surface area contributed by atoms with Gasteiger partial charge in [-0.25, -0.2) is 9.78 Å². The zero-order chi connectivity index (χ0) is 29.2. The van der Waals surface area contributed by atoms with Crippen molar-refractivity contribution in [2.45, 2.75) is 65.6 Å². The largest absolute Gasteiger partial charge is 0.492 e. The number of urea groups is 1. The maximum absolute atomic E-state index is 13.4. The number of nitrogens with one attached hydrogen (secondary N) is 2. The number of ether oxygens (including phenoxy) is 1. The Bertz CT molecular complexity index is 1530. The third-order valence-electron chi connectivity index (χ3n) is 8.11. The molecule has 2 N–H and O–H groups in total. The Morgan fingerprint density at radius 3 is 2.56 bits per heavy atom. The Kier molecular flexibility index (Phi) is 10.4. The van der Waals surface area contributed by atoms with Gasteiger partial charge in [0.15, 0.2) is 0 Å². The van der Waals surface area contributed by atoms with E-state index < -0.39 is 0 Å². The number of aromatic amines is 1. The molecule has 1 fully saturated rings. The van der Waals surface area contributed by atoms with Crippen LogP contribution in [-0.4, -0.2) is 80.6 Å². The second-order valence-electron chi connectivity index (χ2n) is 11.8. The summed E-state index contributed by atoms with van der Waals surface area (Å²) in [5, 5.41) is 4.37. The average molecular weight is 828 g/mol. The minimum Gasteiger partial charge on any atom is -0.492 e. The van der Waals surface area contributed by atoms with Crippen LogP contribution < -0.4 is 10.1 Å². The van der Waals surface area contributed by atoms with E-state index in [1.165, 1.54) is 36.4 Å². The normalized spacial score (nSPS) is 15.2. The van der Waals surface area contributed by atoms with Gasteiger partial charge >= 0.3 is 6.03 Å². The third-order valence-corrected chi connectivity index (χ3v) is 9.35. The second kappa shape index (κ2) is 14.0. The van der Waals surface area contributed by atoms with E-state index in [1.54, 1.807) is 11.3 Å². The molecule has 0 radical (unpaired) electrons. The van der Waals surface area contributed by atoms with Gasteiger partial charge in [0.2, 0.25) is 5.95 Å². The molecule has 0 bridgehead atoms. The number of benzene rings is 1. The van der Waals surface area contributed by atoms with Crippen LogP contribution in [0.1, 0.15) is 52.4 Å². The van der Waals surface area contributed by atoms with E-state index in [-0.39, 0.29) is 50.7 Å². The van der Waals surface area contributed by atoms with E-state index in [0.717, 1.165) is 52.6 Å². The molecule has 1 saturated heterocycles. The summed E-state index contributed by atoms with van der Waals surface area (Å²) in [6, 6.07) is 12.6. The fourth-order valence-corrected chi connectivity index (χ4v) is 7.23. The smallest absolute Gasteiger partial charge is 0.320 e. The number of aromatic nitrogens is 3. The molecule has 2 aliphatic heterocycles. The molecule has 0 atom stereocenters. The number of carbonyl (C=O) groups excluding carboxylic acids is 1. The van der Waals surface area contributed by atoms with Gasteiger partial charge < -0.3 is 24.8 Å². The summed E-state index contributed by atoms with van der Waals surface area (Å²) < 4.78 is 5.96. The maximum Gasteiger partial charge on any atom is 0.320 e. The number of fused-ring (bicyclic) bond motifs is 2. The van der Waals surface area contributed by atoms with Crippen LogP contribution in [0.2, 0.25) is 0 Å². The minimum atomic E-state index is 0. The van der Waals surface area contributed by atoms with Crippen molar-refractivity contribution in [3.8, 4) is 16.3 Å². The van der Waals surface area contributed by atoms with E-state index in [0.29, 0.717) is 19.1 Å². The van der Waals surface area contributed by atoms with Crippen LogP contribution >= 0.6 is 11.3 Å². The van der Waals surface area contributed by atoms with Gasteiger partial charge in [-0.1, -0.05) is 0 Å². The van der Waals surface area contributed by atoms with E-state index >= 15 is 0 Å². The number of thiophene rings is 1. The summed E-state index contributed by atoms with van der Waals surface area (Å²) >= 11 is 1.77. The van der Waals surface area contributed by atoms with Crippen LogP contribution in [-0.2, 0) is 13.0 Å². The maximum atomic E-state index is 13.4. The van der Waals surface area contributed by atoms with Crippen LogP contribution in [0.5, 0.6) is 5.75 Å². The molecule has 0 spiro atoms. The topological polar surface area (TPSA) is 89.6 Å². The van der Waals surface area contributed by atoms with Crippen LogP contribution in [0.15, 0.2) is 42.6 Å². The van der Waals surface area contributed by atoms with Gasteiger partial charge in [-0.15, -0.1) is 11.3 Å². The molecule has 0 saturated carbocycles. The predicted octanol–water partition coefficient (Wildman–Crippen LogP) is 6.75. The van der Waals surface area contributed by atoms with Gasteiger partial charge in [0.25, 0.3) is 0 Å². The van der Waals surface area contributed by atoms with Crippen molar-refractivity contribution in [3.63, 3.8) is 0 Å². The first kappa shape index (κ1) is 31.8. The van der Waals surface area contributed by atoms with Crippen LogP contribution in [0.3, 0.4) is 0 Å². The molecule has 2 amide bonds. The van der Waals surface area contributed by atoms with E-state index in [4.69, 9.17) is 14.7 Å². The second-order valence-corrected chi connectivity index (χ2v) is 12.9. The third kappa shape index (κ3) is 7.22. The molecule has 228 valence electrons. The van der Waals surface area contributed by atoms with Crippen LogP contribution in [0.25, 0.3) is 21.6 Å². The Labute approximate surface area is 283 Å². The zero-order valence-electron chi connectivity index (χ0n) is 25.5. The standard InChI is InChI=1S/C32H41N7O2S.U.H2/c1-21(2)39(22(3)4)32(40)38-16-12-27-23(20-38)19-28(42-27)29-26-11-13-33-30(26)36-31(35-29)34-24-7-9-25(10-8-24)41-18-17-37-14-5-6-15-37;;/h7-11,13,19,21-22H,5-6,12,14-18,20H2,1-4H3,(H2,33,34,35,36);;1H. The van der Waals surface area contributed by atoms with Gasteiger partial charge in [0.05, 0.1) is 10.6 Å². The molecule has 11 heteroatoms. The first-order valence-corrected chi connectivity index (χ1v) is 15.9. The molecule has 2 aliphatic rings. The molecular weight excluding hydrogens is 784 g/mol. The van der Waals surface area contributed by atoms with Gasteiger partial charge in [-0.2, -0.15) is 4.98 Å². The van der Waals surface area contributed by atoms with Gasteiger partial charge in [0.1, 0.15) is 18.0 Å². The summed E-state index contributed by atoms with van der Waals surface area (Å²) in [5.74, 6) is 1.40. The van der Waals surface area contributed by atoms with Crippen molar-refractivity contribution in [2.24, 2.45) is 0 Å². The number of nitrogens with zero attached hydrogens (tertiary/aromatic N) is 5. The summed E-state index contributed by atoms with van der Waals surface area (Å²) in [5.41, 5.74) is 3.79. The van der Waals surface area contributed by atoms with Crippen molar-refractivity contribution in [3.05, 3.63) is 53.0 Å². The van der Waals surface area contributed by atoms with Crippen molar-refractivity contribution >= 4 is 40.0 Å². The summed E-state index contributed by atoms with van der Waals surface area (Å²) in [4.78, 5) is 35.2. The molecule has 9 nitrogen and oxygen atoms in total. The van der Waals surface area contributed by atoms with Crippen molar-refractivity contribution in [2.75, 3.05) is 38.1 Å². The van der Waals surface area contributed by atoms with Crippen LogP contribution in [0.4, 0.5) is 16.4 Å². The number of hydrogen-bond acceptors (Lipinski definition) is 7. The van der Waals surface area contributed by atoms with Crippen molar-refractivity contribution in [1.29, 1.82) is 0 Å². The molecule has 43 heavy (non-hydrogen) atoms. The summed E-state index contributed by atoms with van der Waals surface area (Å²) in [6.07, 6.45) is 5.35. The molecule has 3 aromatic heterocycles. The predicted molar refractivity (Wildman–Crippen MR) is 172 cm³/mol. The Hall–Kier alpha value is -2.58. The fourth-order valence-electron chi connectivity index (χ4n) is 6.06. The number of rotatable bonds is 9. The number of likely N-dealkylation sites (tertiary alicyclic amines) is 1. The quantitative estimate of drug-likeness (QED) is 0.194. The number of amides is 2. The van der Waals surface area contributed by atoms with E-state index in [2.05, 4.69) is 49.0 Å². The molecule has 6 rings (SSSR count). The van der Waals surface area contributed by atoms with E-state index in [1.807, 2.05) is 46.3 Å². The average Bonchev–Trinajstić information content (AvgIpc) is 3.74. The van der Waals surface area contributed by atoms with Gasteiger partial charge in [0, 0.05) is 86.4 Å². The van der Waals surface area contributed by atoms with Crippen molar-refractivity contribution < 1.29 is 42.1 Å². The molecule has 0 aliphatic carbocycles. The monoisotopic (exact) mass is 827 g/mol. The SMILES string of the molecule is CC(C)N(C(=O)N1CCc2sc(-c3nc(Nc4ccc(OCCN5CCCC5)cc4)nc4[nH]ccc34)cc2C1)C(C)C.[HH].[U]. The molecule has 5 heterocycles. The molecule has 4 aromatic rings. The summed E-state index contributed by atoms with van der Waals surface area (Å²) in [6.45, 7) is 13.7. The van der Waals surface area contributed by atoms with Crippen LogP contribution in [0, 0.1) is 31.1 Å². The molecular formula is C32H43N7O2SU. The minimum absolute atomic E-state index is 0. The number of H-pyrrole nitrogens is 1.